The lowest BCUT2D eigenvalue weighted by Crippen LogP contribution is -2.20. The third-order valence-electron chi connectivity index (χ3n) is 2.81. The van der Waals surface area contributed by atoms with Crippen LogP contribution in [0.2, 0.25) is 0 Å². The van der Waals surface area contributed by atoms with Crippen LogP contribution in [0.25, 0.3) is 0 Å². The van der Waals surface area contributed by atoms with Gasteiger partial charge in [0.25, 0.3) is 0 Å². The van der Waals surface area contributed by atoms with Gasteiger partial charge in [-0.25, -0.2) is 4.79 Å². The number of phenols is 1. The van der Waals surface area contributed by atoms with Crippen molar-refractivity contribution in [2.75, 3.05) is 10.6 Å². The highest BCUT2D eigenvalue weighted by molar-refractivity contribution is 5.99. The average molecular weight is 260 g/mol. The van der Waals surface area contributed by atoms with Gasteiger partial charge < -0.3 is 10.4 Å². The Labute approximate surface area is 111 Å². The molecule has 1 aromatic heterocycles. The first kappa shape index (κ1) is 12.9. The summed E-state index contributed by atoms with van der Waals surface area (Å²) in [7, 11) is 1.81. The lowest BCUT2D eigenvalue weighted by molar-refractivity contribution is 0.262. The number of anilines is 2. The lowest BCUT2D eigenvalue weighted by Gasteiger charge is -2.08. The lowest BCUT2D eigenvalue weighted by atomic mass is 10.2. The third kappa shape index (κ3) is 3.04. The topological polar surface area (TPSA) is 79.2 Å². The van der Waals surface area contributed by atoms with Crippen molar-refractivity contribution >= 4 is 17.5 Å². The SMILES string of the molecule is Cc1cc(O)ccc1NC(=O)Nc1cc(C)n(C)n1. The predicted molar refractivity (Wildman–Crippen MR) is 73.4 cm³/mol. The zero-order valence-electron chi connectivity index (χ0n) is 11.1. The van der Waals surface area contributed by atoms with E-state index in [4.69, 9.17) is 0 Å². The summed E-state index contributed by atoms with van der Waals surface area (Å²) in [4.78, 5) is 11.8. The zero-order chi connectivity index (χ0) is 14.0. The molecule has 0 unspecified atom stereocenters. The van der Waals surface area contributed by atoms with Gasteiger partial charge in [0.1, 0.15) is 5.75 Å². The van der Waals surface area contributed by atoms with Gasteiger partial charge in [-0.05, 0) is 37.6 Å². The minimum absolute atomic E-state index is 0.170. The number of rotatable bonds is 2. The van der Waals surface area contributed by atoms with E-state index in [1.165, 1.54) is 6.07 Å². The molecule has 0 fully saturated rings. The molecule has 0 saturated heterocycles. The summed E-state index contributed by atoms with van der Waals surface area (Å²) in [5, 5.41) is 18.8. The Morgan fingerprint density at radius 1 is 1.26 bits per heavy atom. The fourth-order valence-electron chi connectivity index (χ4n) is 1.68. The number of urea groups is 1. The van der Waals surface area contributed by atoms with Crippen LogP contribution in [0.4, 0.5) is 16.3 Å². The number of aromatic hydroxyl groups is 1. The highest BCUT2D eigenvalue weighted by Gasteiger charge is 2.08. The van der Waals surface area contributed by atoms with Crippen LogP contribution >= 0.6 is 0 Å². The Balaban J connectivity index is 2.05. The second-order valence-corrected chi connectivity index (χ2v) is 4.37. The molecule has 19 heavy (non-hydrogen) atoms. The Bertz CT molecular complexity index is 600. The number of carbonyl (C=O) groups excluding carboxylic acids is 1. The average Bonchev–Trinajstić information content (AvgIpc) is 2.62. The van der Waals surface area contributed by atoms with Crippen LogP contribution in [0.5, 0.6) is 5.75 Å². The summed E-state index contributed by atoms with van der Waals surface area (Å²) in [6.45, 7) is 3.71. The van der Waals surface area contributed by atoms with E-state index in [2.05, 4.69) is 15.7 Å². The first-order valence-electron chi connectivity index (χ1n) is 5.84. The molecule has 0 aliphatic heterocycles. The van der Waals surface area contributed by atoms with Crippen LogP contribution < -0.4 is 10.6 Å². The molecule has 6 nitrogen and oxygen atoms in total. The first-order chi connectivity index (χ1) is 8.95. The highest BCUT2D eigenvalue weighted by Crippen LogP contribution is 2.20. The molecule has 0 aliphatic carbocycles. The summed E-state index contributed by atoms with van der Waals surface area (Å²) in [5.74, 6) is 0.665. The van der Waals surface area contributed by atoms with Gasteiger partial charge in [0.05, 0.1) is 0 Å². The standard InChI is InChI=1S/C13H16N4O2/c1-8-6-10(18)4-5-11(8)14-13(19)15-12-7-9(2)17(3)16-12/h4-7,18H,1-3H3,(H2,14,15,16,19). The van der Waals surface area contributed by atoms with Gasteiger partial charge >= 0.3 is 6.03 Å². The minimum atomic E-state index is -0.369. The molecule has 1 aromatic carbocycles. The summed E-state index contributed by atoms with van der Waals surface area (Å²) in [6.07, 6.45) is 0. The summed E-state index contributed by atoms with van der Waals surface area (Å²) < 4.78 is 1.68. The molecule has 1 heterocycles. The maximum atomic E-state index is 11.8. The fraction of sp³-hybridized carbons (Fsp3) is 0.231. The number of benzene rings is 1. The molecule has 0 radical (unpaired) electrons. The van der Waals surface area contributed by atoms with E-state index in [0.29, 0.717) is 11.5 Å². The number of nitrogens with zero attached hydrogens (tertiary/aromatic N) is 2. The normalized spacial score (nSPS) is 10.3. The molecule has 0 atom stereocenters. The van der Waals surface area contributed by atoms with Gasteiger partial charge in [-0.2, -0.15) is 5.10 Å². The van der Waals surface area contributed by atoms with Gasteiger partial charge in [-0.15, -0.1) is 0 Å². The van der Waals surface area contributed by atoms with Crippen molar-refractivity contribution in [1.82, 2.24) is 9.78 Å². The number of carbonyl (C=O) groups is 1. The van der Waals surface area contributed by atoms with Crippen LogP contribution in [-0.2, 0) is 7.05 Å². The Morgan fingerprint density at radius 3 is 2.58 bits per heavy atom. The van der Waals surface area contributed by atoms with Gasteiger partial charge in [0, 0.05) is 24.5 Å². The summed E-state index contributed by atoms with van der Waals surface area (Å²) in [5.41, 5.74) is 2.38. The van der Waals surface area contributed by atoms with Crippen LogP contribution in [-0.4, -0.2) is 20.9 Å². The molecule has 2 amide bonds. The molecule has 0 aliphatic rings. The third-order valence-corrected chi connectivity index (χ3v) is 2.81. The zero-order valence-corrected chi connectivity index (χ0v) is 11.1. The molecule has 3 N–H and O–H groups in total. The van der Waals surface area contributed by atoms with Gasteiger partial charge in [-0.1, -0.05) is 0 Å². The minimum Gasteiger partial charge on any atom is -0.508 e. The number of hydrogen-bond donors (Lipinski definition) is 3. The van der Waals surface area contributed by atoms with E-state index in [1.807, 2.05) is 14.0 Å². The molecule has 0 saturated carbocycles. The predicted octanol–water partition coefficient (Wildman–Crippen LogP) is 2.39. The number of aryl methyl sites for hydroxylation is 3. The number of nitrogens with one attached hydrogen (secondary N) is 2. The molecular formula is C13H16N4O2. The van der Waals surface area contributed by atoms with Crippen molar-refractivity contribution in [3.8, 4) is 5.75 Å². The maximum absolute atomic E-state index is 11.8. The quantitative estimate of drug-likeness (QED) is 0.725. The van der Waals surface area contributed by atoms with E-state index in [-0.39, 0.29) is 11.8 Å². The largest absolute Gasteiger partial charge is 0.508 e. The van der Waals surface area contributed by atoms with Gasteiger partial charge in [-0.3, -0.25) is 10.00 Å². The van der Waals surface area contributed by atoms with E-state index in [0.717, 1.165) is 11.3 Å². The van der Waals surface area contributed by atoms with E-state index >= 15 is 0 Å². The van der Waals surface area contributed by atoms with Gasteiger partial charge in [0.15, 0.2) is 5.82 Å². The maximum Gasteiger partial charge on any atom is 0.324 e. The van der Waals surface area contributed by atoms with Crippen LogP contribution in [0.1, 0.15) is 11.3 Å². The van der Waals surface area contributed by atoms with Crippen molar-refractivity contribution in [3.63, 3.8) is 0 Å². The number of phenolic OH excluding ortho intramolecular Hbond substituents is 1. The smallest absolute Gasteiger partial charge is 0.324 e. The van der Waals surface area contributed by atoms with E-state index in [1.54, 1.807) is 29.8 Å². The Hall–Kier alpha value is -2.50. The highest BCUT2D eigenvalue weighted by atomic mass is 16.3. The van der Waals surface area contributed by atoms with Crippen molar-refractivity contribution in [2.45, 2.75) is 13.8 Å². The van der Waals surface area contributed by atoms with Gasteiger partial charge in [0.2, 0.25) is 0 Å². The second kappa shape index (κ2) is 5.01. The molecule has 2 aromatic rings. The van der Waals surface area contributed by atoms with Crippen molar-refractivity contribution in [1.29, 1.82) is 0 Å². The fourth-order valence-corrected chi connectivity index (χ4v) is 1.68. The monoisotopic (exact) mass is 260 g/mol. The Kier molecular flexibility index (Phi) is 3.41. The van der Waals surface area contributed by atoms with E-state index in [9.17, 15) is 9.90 Å². The number of aromatic nitrogens is 2. The summed E-state index contributed by atoms with van der Waals surface area (Å²) in [6, 6.07) is 6.16. The Morgan fingerprint density at radius 2 is 2.00 bits per heavy atom. The molecule has 6 heteroatoms. The van der Waals surface area contributed by atoms with Crippen molar-refractivity contribution in [2.24, 2.45) is 7.05 Å². The van der Waals surface area contributed by atoms with Crippen molar-refractivity contribution < 1.29 is 9.90 Å². The molecule has 100 valence electrons. The van der Waals surface area contributed by atoms with E-state index < -0.39 is 0 Å². The number of hydrogen-bond acceptors (Lipinski definition) is 3. The van der Waals surface area contributed by atoms with Crippen LogP contribution in [0.15, 0.2) is 24.3 Å². The van der Waals surface area contributed by atoms with Crippen LogP contribution in [0, 0.1) is 13.8 Å². The molecule has 0 spiro atoms. The number of amides is 2. The molecular weight excluding hydrogens is 244 g/mol. The molecule has 0 bridgehead atoms. The van der Waals surface area contributed by atoms with Crippen molar-refractivity contribution in [3.05, 3.63) is 35.5 Å². The molecule has 2 rings (SSSR count). The second-order valence-electron chi connectivity index (χ2n) is 4.37. The first-order valence-corrected chi connectivity index (χ1v) is 5.84. The summed E-state index contributed by atoms with van der Waals surface area (Å²) >= 11 is 0. The van der Waals surface area contributed by atoms with Crippen LogP contribution in [0.3, 0.4) is 0 Å².